The molecule has 0 aliphatic carbocycles. The van der Waals surface area contributed by atoms with E-state index in [-0.39, 0.29) is 12.1 Å². The van der Waals surface area contributed by atoms with Crippen LogP contribution in [0.5, 0.6) is 5.75 Å². The monoisotopic (exact) mass is 314 g/mol. The number of hydrogen-bond donors (Lipinski definition) is 1. The van der Waals surface area contributed by atoms with Crippen LogP contribution in [0.25, 0.3) is 0 Å². The summed E-state index contributed by atoms with van der Waals surface area (Å²) in [4.78, 5) is 14.3. The van der Waals surface area contributed by atoms with Crippen LogP contribution >= 0.6 is 11.6 Å². The molecule has 2 aliphatic rings. The van der Waals surface area contributed by atoms with Crippen molar-refractivity contribution in [2.24, 2.45) is 0 Å². The number of benzene rings is 2. The second kappa shape index (κ2) is 4.65. The predicted octanol–water partition coefficient (Wildman–Crippen LogP) is 4.11. The van der Waals surface area contributed by atoms with Crippen LogP contribution in [0.2, 0.25) is 5.02 Å². The molecular weight excluding hydrogens is 300 g/mol. The average Bonchev–Trinajstić information content (AvgIpc) is 2.46. The Morgan fingerprint density at radius 1 is 1.27 bits per heavy atom. The summed E-state index contributed by atoms with van der Waals surface area (Å²) in [5.41, 5.74) is 1.02. The van der Waals surface area contributed by atoms with Gasteiger partial charge in [-0.05, 0) is 31.2 Å². The number of nitrogens with one attached hydrogen (secondary N) is 1. The Morgan fingerprint density at radius 3 is 2.91 bits per heavy atom. The molecule has 1 N–H and O–H groups in total. The third-order valence-corrected chi connectivity index (χ3v) is 4.48. The summed E-state index contributed by atoms with van der Waals surface area (Å²) in [6, 6.07) is 14.9. The summed E-state index contributed by atoms with van der Waals surface area (Å²) in [6.45, 7) is 1.94. The van der Waals surface area contributed by atoms with Crippen LogP contribution in [0.4, 0.5) is 10.5 Å². The van der Waals surface area contributed by atoms with Gasteiger partial charge in [-0.2, -0.15) is 0 Å². The number of rotatable bonds is 1. The Labute approximate surface area is 133 Å². The summed E-state index contributed by atoms with van der Waals surface area (Å²) in [5, 5.41) is 3.65. The van der Waals surface area contributed by atoms with Crippen molar-refractivity contribution in [1.82, 2.24) is 5.32 Å². The van der Waals surface area contributed by atoms with E-state index < -0.39 is 5.72 Å². The van der Waals surface area contributed by atoms with Crippen molar-refractivity contribution in [2.75, 3.05) is 4.90 Å². The number of amides is 2. The van der Waals surface area contributed by atoms with Crippen LogP contribution in [-0.4, -0.2) is 11.8 Å². The first-order valence-corrected chi connectivity index (χ1v) is 7.59. The minimum atomic E-state index is -0.730. The van der Waals surface area contributed by atoms with E-state index in [1.165, 1.54) is 0 Å². The second-order valence-corrected chi connectivity index (χ2v) is 6.27. The van der Waals surface area contributed by atoms with Crippen LogP contribution in [0.1, 0.15) is 24.9 Å². The van der Waals surface area contributed by atoms with Crippen molar-refractivity contribution in [3.05, 3.63) is 59.1 Å². The van der Waals surface area contributed by atoms with Crippen LogP contribution < -0.4 is 15.0 Å². The van der Waals surface area contributed by atoms with Gasteiger partial charge in [0.2, 0.25) is 0 Å². The lowest BCUT2D eigenvalue weighted by molar-refractivity contribution is 0.0379. The fourth-order valence-electron chi connectivity index (χ4n) is 3.33. The van der Waals surface area contributed by atoms with E-state index in [0.29, 0.717) is 11.4 Å². The molecule has 0 radical (unpaired) electrons. The Bertz CT molecular complexity index is 764. The van der Waals surface area contributed by atoms with Gasteiger partial charge >= 0.3 is 6.03 Å². The molecule has 0 spiro atoms. The first-order chi connectivity index (χ1) is 10.6. The quantitative estimate of drug-likeness (QED) is 0.860. The summed E-state index contributed by atoms with van der Waals surface area (Å²) < 4.78 is 6.19. The molecule has 1 fully saturated rings. The molecule has 2 unspecified atom stereocenters. The van der Waals surface area contributed by atoms with E-state index in [0.717, 1.165) is 17.0 Å². The summed E-state index contributed by atoms with van der Waals surface area (Å²) in [6.07, 6.45) is 0.683. The first kappa shape index (κ1) is 13.5. The smallest absolute Gasteiger partial charge is 0.325 e. The number of halogens is 1. The SMILES string of the molecule is CC12CC(NC(=O)N1c1cccc(Cl)c1)c1ccccc1O2. The first-order valence-electron chi connectivity index (χ1n) is 7.21. The van der Waals surface area contributed by atoms with Crippen molar-refractivity contribution in [3.8, 4) is 5.75 Å². The Kier molecular flexibility index (Phi) is 2.84. The zero-order valence-electron chi connectivity index (χ0n) is 12.0. The van der Waals surface area contributed by atoms with Crippen molar-refractivity contribution in [3.63, 3.8) is 0 Å². The number of ether oxygens (including phenoxy) is 1. The highest BCUT2D eigenvalue weighted by Crippen LogP contribution is 2.45. The molecule has 2 heterocycles. The number of hydrogen-bond acceptors (Lipinski definition) is 2. The van der Waals surface area contributed by atoms with Crippen molar-refractivity contribution < 1.29 is 9.53 Å². The number of nitrogens with zero attached hydrogens (tertiary/aromatic N) is 1. The molecule has 2 aromatic carbocycles. The van der Waals surface area contributed by atoms with Crippen molar-refractivity contribution in [1.29, 1.82) is 0 Å². The highest BCUT2D eigenvalue weighted by Gasteiger charge is 2.49. The lowest BCUT2D eigenvalue weighted by Crippen LogP contribution is -2.65. The summed E-state index contributed by atoms with van der Waals surface area (Å²) in [5.74, 6) is 0.813. The number of urea groups is 1. The zero-order valence-corrected chi connectivity index (χ0v) is 12.8. The maximum Gasteiger partial charge on any atom is 0.325 e. The molecule has 2 amide bonds. The van der Waals surface area contributed by atoms with Gasteiger partial charge in [0.25, 0.3) is 0 Å². The van der Waals surface area contributed by atoms with Gasteiger partial charge < -0.3 is 10.1 Å². The van der Waals surface area contributed by atoms with Gasteiger partial charge in [0.15, 0.2) is 5.72 Å². The maximum atomic E-state index is 12.6. The average molecular weight is 315 g/mol. The lowest BCUT2D eigenvalue weighted by atomic mass is 9.90. The highest BCUT2D eigenvalue weighted by molar-refractivity contribution is 6.30. The minimum Gasteiger partial charge on any atom is -0.467 e. The normalized spacial score (nSPS) is 26.0. The highest BCUT2D eigenvalue weighted by atomic mass is 35.5. The fraction of sp³-hybridized carbons (Fsp3) is 0.235. The Hall–Kier alpha value is -2.20. The molecule has 112 valence electrons. The minimum absolute atomic E-state index is 0.0297. The van der Waals surface area contributed by atoms with E-state index in [9.17, 15) is 4.79 Å². The fourth-order valence-corrected chi connectivity index (χ4v) is 3.51. The van der Waals surface area contributed by atoms with Crippen LogP contribution in [-0.2, 0) is 0 Å². The van der Waals surface area contributed by atoms with Crippen molar-refractivity contribution >= 4 is 23.3 Å². The molecule has 22 heavy (non-hydrogen) atoms. The Balaban J connectivity index is 1.82. The van der Waals surface area contributed by atoms with E-state index >= 15 is 0 Å². The molecule has 2 aromatic rings. The number of carbonyl (C=O) groups is 1. The van der Waals surface area contributed by atoms with Crippen LogP contribution in [0, 0.1) is 0 Å². The number of para-hydroxylation sites is 1. The third-order valence-electron chi connectivity index (χ3n) is 4.25. The van der Waals surface area contributed by atoms with Gasteiger partial charge in [0, 0.05) is 17.0 Å². The number of anilines is 1. The third kappa shape index (κ3) is 1.95. The molecule has 0 aromatic heterocycles. The van der Waals surface area contributed by atoms with Gasteiger partial charge in [0.05, 0.1) is 11.7 Å². The zero-order chi connectivity index (χ0) is 15.3. The van der Waals surface area contributed by atoms with Gasteiger partial charge in [-0.25, -0.2) is 4.79 Å². The predicted molar refractivity (Wildman–Crippen MR) is 85.3 cm³/mol. The number of carbonyl (C=O) groups excluding carboxylic acids is 1. The van der Waals surface area contributed by atoms with Gasteiger partial charge in [-0.1, -0.05) is 35.9 Å². The largest absolute Gasteiger partial charge is 0.467 e. The second-order valence-electron chi connectivity index (χ2n) is 5.84. The molecule has 4 rings (SSSR count). The molecule has 5 heteroatoms. The van der Waals surface area contributed by atoms with Crippen LogP contribution in [0.3, 0.4) is 0 Å². The van der Waals surface area contributed by atoms with E-state index in [4.69, 9.17) is 16.3 Å². The molecule has 2 bridgehead atoms. The molecular formula is C17H15ClN2O2. The maximum absolute atomic E-state index is 12.6. The molecule has 1 saturated heterocycles. The lowest BCUT2D eigenvalue weighted by Gasteiger charge is -2.50. The Morgan fingerprint density at radius 2 is 2.09 bits per heavy atom. The molecule has 4 nitrogen and oxygen atoms in total. The van der Waals surface area contributed by atoms with E-state index in [1.54, 1.807) is 17.0 Å². The standard InChI is InChI=1S/C17H15ClN2O2/c1-17-10-14(13-7-2-3-8-15(13)22-17)19-16(21)20(17)12-6-4-5-11(18)9-12/h2-9,14H,10H2,1H3,(H,19,21). The van der Waals surface area contributed by atoms with Crippen LogP contribution in [0.15, 0.2) is 48.5 Å². The molecule has 0 saturated carbocycles. The van der Waals surface area contributed by atoms with Gasteiger partial charge in [-0.3, -0.25) is 4.90 Å². The van der Waals surface area contributed by atoms with E-state index in [1.807, 2.05) is 43.3 Å². The number of fused-ring (bicyclic) bond motifs is 4. The summed E-state index contributed by atoms with van der Waals surface area (Å²) in [7, 11) is 0. The van der Waals surface area contributed by atoms with Crippen molar-refractivity contribution in [2.45, 2.75) is 25.1 Å². The molecule has 2 atom stereocenters. The van der Waals surface area contributed by atoms with Gasteiger partial charge in [-0.15, -0.1) is 0 Å². The summed E-state index contributed by atoms with van der Waals surface area (Å²) >= 11 is 6.07. The molecule has 2 aliphatic heterocycles. The van der Waals surface area contributed by atoms with E-state index in [2.05, 4.69) is 5.32 Å². The van der Waals surface area contributed by atoms with Gasteiger partial charge in [0.1, 0.15) is 5.75 Å². The topological polar surface area (TPSA) is 41.6 Å².